The fraction of sp³-hybridized carbons (Fsp3) is 0.900. The maximum atomic E-state index is 5.87. The van der Waals surface area contributed by atoms with Crippen LogP contribution in [-0.2, 0) is 28.4 Å². The van der Waals surface area contributed by atoms with Crippen molar-refractivity contribution in [1.82, 2.24) is 9.80 Å². The molecule has 0 unspecified atom stereocenters. The van der Waals surface area contributed by atoms with Gasteiger partial charge in [0.1, 0.15) is 13.5 Å². The van der Waals surface area contributed by atoms with Crippen LogP contribution in [0.1, 0.15) is 27.7 Å². The van der Waals surface area contributed by atoms with Gasteiger partial charge in [0.25, 0.3) is 0 Å². The molecule has 2 spiro atoms. The van der Waals surface area contributed by atoms with E-state index in [1.807, 2.05) is 27.7 Å². The number of hydrogen-bond acceptors (Lipinski definition) is 8. The highest BCUT2D eigenvalue weighted by molar-refractivity contribution is 5.09. The lowest BCUT2D eigenvalue weighted by Gasteiger charge is -2.44. The minimum atomic E-state index is -0.534. The molecule has 4 aliphatic rings. The number of hydrogen-bond donors (Lipinski definition) is 0. The fourth-order valence-electron chi connectivity index (χ4n) is 3.81. The maximum Gasteiger partial charge on any atom is 0.162 e. The molecule has 28 heavy (non-hydrogen) atoms. The number of rotatable bonds is 2. The molecule has 0 aromatic rings. The Morgan fingerprint density at radius 1 is 0.607 bits per heavy atom. The van der Waals surface area contributed by atoms with Gasteiger partial charge in [0, 0.05) is 0 Å². The molecule has 0 radical (unpaired) electrons. The molecule has 0 bridgehead atoms. The average molecular weight is 396 g/mol. The smallest absolute Gasteiger partial charge is 0.162 e. The molecule has 8 nitrogen and oxygen atoms in total. The predicted octanol–water partition coefficient (Wildman–Crippen LogP) is 0.613. The van der Waals surface area contributed by atoms with Gasteiger partial charge in [-0.05, 0) is 27.7 Å². The van der Waals surface area contributed by atoms with Crippen LogP contribution in [0, 0.1) is 11.8 Å². The quantitative estimate of drug-likeness (QED) is 0.630. The van der Waals surface area contributed by atoms with Gasteiger partial charge >= 0.3 is 0 Å². The Morgan fingerprint density at radius 3 is 1.32 bits per heavy atom. The summed E-state index contributed by atoms with van der Waals surface area (Å²) in [5, 5.41) is 0. The summed E-state index contributed by atoms with van der Waals surface area (Å²) in [4.78, 5) is 4.42. The molecule has 158 valence electrons. The normalized spacial score (nSPS) is 31.1. The van der Waals surface area contributed by atoms with Crippen molar-refractivity contribution >= 4 is 0 Å². The van der Waals surface area contributed by atoms with E-state index in [1.54, 1.807) is 0 Å². The van der Waals surface area contributed by atoms with E-state index in [1.165, 1.54) is 0 Å². The first kappa shape index (κ1) is 20.5. The van der Waals surface area contributed by atoms with Crippen molar-refractivity contribution in [2.75, 3.05) is 66.2 Å². The van der Waals surface area contributed by atoms with Crippen molar-refractivity contribution in [3.8, 4) is 11.8 Å². The highest BCUT2D eigenvalue weighted by atomic mass is 16.7. The first-order valence-electron chi connectivity index (χ1n) is 9.92. The third-order valence-electron chi connectivity index (χ3n) is 6.00. The highest BCUT2D eigenvalue weighted by Gasteiger charge is 2.49. The molecule has 4 saturated heterocycles. The summed E-state index contributed by atoms with van der Waals surface area (Å²) < 4.78 is 34.9. The molecule has 0 atom stereocenters. The topological polar surface area (TPSA) is 61.9 Å². The Balaban J connectivity index is 1.31. The molecule has 0 aromatic carbocycles. The van der Waals surface area contributed by atoms with Crippen LogP contribution in [0.15, 0.2) is 0 Å². The minimum Gasteiger partial charge on any atom is -0.364 e. The summed E-state index contributed by atoms with van der Waals surface area (Å²) in [5.74, 6) is 5.51. The standard InChI is InChI=1S/C20H32N2O6/c1-17(2)25-11-19(12-26-17)9-23-15-21(19)7-5-6-8-22-16-24-10-20(22)13-27-18(3,4)28-14-20/h7-16H2,1-4H3. The van der Waals surface area contributed by atoms with Crippen LogP contribution in [0.2, 0.25) is 0 Å². The van der Waals surface area contributed by atoms with Gasteiger partial charge in [-0.2, -0.15) is 0 Å². The number of nitrogens with zero attached hydrogens (tertiary/aromatic N) is 2. The van der Waals surface area contributed by atoms with Gasteiger partial charge in [0.05, 0.1) is 63.8 Å². The summed E-state index contributed by atoms with van der Waals surface area (Å²) in [6, 6.07) is 0. The summed E-state index contributed by atoms with van der Waals surface area (Å²) in [6.07, 6.45) is 0. The van der Waals surface area contributed by atoms with E-state index in [-0.39, 0.29) is 11.1 Å². The molecule has 0 saturated carbocycles. The molecular formula is C20H32N2O6. The summed E-state index contributed by atoms with van der Waals surface area (Å²) in [5.41, 5.74) is -0.475. The second kappa shape index (κ2) is 7.49. The molecule has 4 rings (SSSR count). The molecular weight excluding hydrogens is 364 g/mol. The van der Waals surface area contributed by atoms with Crippen molar-refractivity contribution in [2.24, 2.45) is 0 Å². The first-order chi connectivity index (χ1) is 13.2. The van der Waals surface area contributed by atoms with Gasteiger partial charge in [-0.1, -0.05) is 11.8 Å². The fourth-order valence-corrected chi connectivity index (χ4v) is 3.81. The minimum absolute atomic E-state index is 0.237. The van der Waals surface area contributed by atoms with Crippen LogP contribution in [-0.4, -0.2) is 98.6 Å². The SMILES string of the molecule is CC1(C)OCC2(COCN2CC#CCN2COCC23COC(C)(C)OC3)CO1. The monoisotopic (exact) mass is 396 g/mol. The Kier molecular flexibility index (Phi) is 5.49. The Labute approximate surface area is 167 Å². The zero-order chi connectivity index (χ0) is 19.9. The molecule has 0 aromatic heterocycles. The Morgan fingerprint density at radius 2 is 0.964 bits per heavy atom. The molecule has 0 aliphatic carbocycles. The number of ether oxygens (including phenoxy) is 6. The summed E-state index contributed by atoms with van der Waals surface area (Å²) >= 11 is 0. The largest absolute Gasteiger partial charge is 0.364 e. The molecule has 0 amide bonds. The van der Waals surface area contributed by atoms with Gasteiger partial charge in [0.15, 0.2) is 11.6 Å². The van der Waals surface area contributed by atoms with E-state index in [0.29, 0.717) is 66.2 Å². The van der Waals surface area contributed by atoms with Crippen LogP contribution >= 0.6 is 0 Å². The zero-order valence-electron chi connectivity index (χ0n) is 17.4. The van der Waals surface area contributed by atoms with E-state index in [0.717, 1.165) is 0 Å². The summed E-state index contributed by atoms with van der Waals surface area (Å²) in [6.45, 7) is 13.7. The first-order valence-corrected chi connectivity index (χ1v) is 9.92. The molecule has 4 aliphatic heterocycles. The Bertz CT molecular complexity index is 568. The van der Waals surface area contributed by atoms with Crippen LogP contribution in [0.5, 0.6) is 0 Å². The highest BCUT2D eigenvalue weighted by Crippen LogP contribution is 2.32. The maximum absolute atomic E-state index is 5.87. The third-order valence-corrected chi connectivity index (χ3v) is 6.00. The van der Waals surface area contributed by atoms with Gasteiger partial charge < -0.3 is 28.4 Å². The van der Waals surface area contributed by atoms with E-state index >= 15 is 0 Å². The zero-order valence-corrected chi connectivity index (χ0v) is 17.4. The van der Waals surface area contributed by atoms with Crippen molar-refractivity contribution in [1.29, 1.82) is 0 Å². The average Bonchev–Trinajstić information content (AvgIpc) is 3.23. The van der Waals surface area contributed by atoms with E-state index in [4.69, 9.17) is 28.4 Å². The third kappa shape index (κ3) is 4.09. The van der Waals surface area contributed by atoms with Crippen LogP contribution < -0.4 is 0 Å². The second-order valence-electron chi connectivity index (χ2n) is 9.11. The van der Waals surface area contributed by atoms with Crippen LogP contribution in [0.4, 0.5) is 0 Å². The van der Waals surface area contributed by atoms with Gasteiger partial charge in [0.2, 0.25) is 0 Å². The van der Waals surface area contributed by atoms with Gasteiger partial charge in [-0.25, -0.2) is 0 Å². The summed E-state index contributed by atoms with van der Waals surface area (Å²) in [7, 11) is 0. The van der Waals surface area contributed by atoms with Gasteiger partial charge in [-0.15, -0.1) is 0 Å². The molecule has 4 heterocycles. The molecule has 8 heteroatoms. The van der Waals surface area contributed by atoms with Crippen LogP contribution in [0.3, 0.4) is 0 Å². The molecule has 4 fully saturated rings. The van der Waals surface area contributed by atoms with Crippen molar-refractivity contribution < 1.29 is 28.4 Å². The van der Waals surface area contributed by atoms with Gasteiger partial charge in [-0.3, -0.25) is 9.80 Å². The lowest BCUT2D eigenvalue weighted by Crippen LogP contribution is -2.60. The van der Waals surface area contributed by atoms with Crippen molar-refractivity contribution in [2.45, 2.75) is 50.3 Å². The predicted molar refractivity (Wildman–Crippen MR) is 100 cm³/mol. The lowest BCUT2D eigenvalue weighted by molar-refractivity contribution is -0.281. The van der Waals surface area contributed by atoms with Crippen molar-refractivity contribution in [3.63, 3.8) is 0 Å². The van der Waals surface area contributed by atoms with E-state index in [2.05, 4.69) is 21.6 Å². The van der Waals surface area contributed by atoms with Crippen LogP contribution in [0.25, 0.3) is 0 Å². The lowest BCUT2D eigenvalue weighted by atomic mass is 10.00. The van der Waals surface area contributed by atoms with E-state index < -0.39 is 11.6 Å². The Hall–Kier alpha value is -0.760. The van der Waals surface area contributed by atoms with E-state index in [9.17, 15) is 0 Å². The van der Waals surface area contributed by atoms with Crippen molar-refractivity contribution in [3.05, 3.63) is 0 Å². The second-order valence-corrected chi connectivity index (χ2v) is 9.11. The molecule has 0 N–H and O–H groups in total.